The molecule has 0 aliphatic heterocycles. The van der Waals surface area contributed by atoms with E-state index in [0.29, 0.717) is 36.7 Å². The summed E-state index contributed by atoms with van der Waals surface area (Å²) in [6.45, 7) is 0. The maximum Gasteiger partial charge on any atom is 0.241 e. The van der Waals surface area contributed by atoms with Gasteiger partial charge in [0.05, 0.1) is 35.2 Å². The van der Waals surface area contributed by atoms with Gasteiger partial charge < -0.3 is 14.5 Å². The minimum absolute atomic E-state index is 0.0835. The number of benzene rings is 1. The third kappa shape index (κ3) is 3.71. The Morgan fingerprint density at radius 1 is 1.13 bits per heavy atom. The Balaban J connectivity index is 1.74. The van der Waals surface area contributed by atoms with Crippen molar-refractivity contribution in [2.45, 2.75) is 4.90 Å². The second-order valence-corrected chi connectivity index (χ2v) is 8.20. The number of ether oxygens (including phenoxy) is 2. The number of anilines is 1. The topological polar surface area (TPSA) is 115 Å². The molecule has 12 heteroatoms. The molecule has 1 atom stereocenters. The number of aromatic amines is 1. The molecule has 3 aromatic heterocycles. The first kappa shape index (κ1) is 20.5. The Labute approximate surface area is 187 Å². The van der Waals surface area contributed by atoms with Crippen LogP contribution < -0.4 is 14.2 Å². The number of halogens is 2. The molecule has 0 bridgehead atoms. The summed E-state index contributed by atoms with van der Waals surface area (Å²) < 4.78 is 26.7. The lowest BCUT2D eigenvalue weighted by atomic mass is 10.1. The second-order valence-electron chi connectivity index (χ2n) is 5.82. The highest BCUT2D eigenvalue weighted by atomic mass is 79.9. The predicted octanol–water partition coefficient (Wildman–Crippen LogP) is 3.98. The molecule has 4 rings (SSSR count). The first-order valence-corrected chi connectivity index (χ1v) is 10.8. The van der Waals surface area contributed by atoms with Crippen LogP contribution in [0.5, 0.6) is 11.8 Å². The van der Waals surface area contributed by atoms with Gasteiger partial charge in [0.2, 0.25) is 17.7 Å². The van der Waals surface area contributed by atoms with Crippen LogP contribution in [0, 0.1) is 0 Å². The first-order chi connectivity index (χ1) is 14.5. The number of nitrogens with zero attached hydrogens (tertiary/aromatic N) is 4. The molecule has 9 nitrogen and oxygen atoms in total. The fourth-order valence-corrected chi connectivity index (χ4v) is 4.46. The number of fused-ring (bicyclic) bond motifs is 1. The minimum Gasteiger partial charge on any atom is -0.480 e. The summed E-state index contributed by atoms with van der Waals surface area (Å²) in [6, 6.07) is 5.21. The van der Waals surface area contributed by atoms with E-state index in [0.717, 1.165) is 0 Å². The summed E-state index contributed by atoms with van der Waals surface area (Å²) in [5.41, 5.74) is 1.30. The summed E-state index contributed by atoms with van der Waals surface area (Å²) in [6.07, 6.45) is 4.89. The molecular formula is C18H14BrClN6O3S. The fraction of sp³-hybridized carbons (Fsp3) is 0.111. The Kier molecular flexibility index (Phi) is 5.84. The van der Waals surface area contributed by atoms with Crippen molar-refractivity contribution >= 4 is 55.4 Å². The zero-order valence-electron chi connectivity index (χ0n) is 15.6. The van der Waals surface area contributed by atoms with Crippen LogP contribution in [0.15, 0.2) is 46.2 Å². The van der Waals surface area contributed by atoms with Crippen LogP contribution in [-0.4, -0.2) is 43.3 Å². The van der Waals surface area contributed by atoms with Gasteiger partial charge in [-0.15, -0.1) is 0 Å². The van der Waals surface area contributed by atoms with Crippen molar-refractivity contribution in [3.05, 3.63) is 46.3 Å². The lowest BCUT2D eigenvalue weighted by Gasteiger charge is -2.10. The van der Waals surface area contributed by atoms with Crippen LogP contribution >= 0.6 is 27.5 Å². The highest BCUT2D eigenvalue weighted by molar-refractivity contribution is 9.10. The zero-order valence-corrected chi connectivity index (χ0v) is 18.8. The Morgan fingerprint density at radius 3 is 2.43 bits per heavy atom. The summed E-state index contributed by atoms with van der Waals surface area (Å²) in [5.74, 6) is 1.04. The molecule has 0 spiro atoms. The van der Waals surface area contributed by atoms with Crippen LogP contribution in [0.3, 0.4) is 0 Å². The molecule has 4 aromatic rings. The fourth-order valence-electron chi connectivity index (χ4n) is 2.81. The highest BCUT2D eigenvalue weighted by Crippen LogP contribution is 2.36. The maximum atomic E-state index is 13.0. The van der Waals surface area contributed by atoms with Crippen molar-refractivity contribution < 1.29 is 13.7 Å². The van der Waals surface area contributed by atoms with E-state index in [2.05, 4.69) is 45.6 Å². The standard InChI is InChI=1S/C18H14BrClN6O3S/c1-28-16-13(19)17(29-2)25-18(24-16)26-30(27)11-8-23-14-9(11)4-5-10(20)12(14)15-21-6-3-7-22-15/h3-8,23H,1-2H3,(H,24,25,26). The molecule has 0 aliphatic carbocycles. The van der Waals surface area contributed by atoms with Gasteiger partial charge in [-0.1, -0.05) is 17.7 Å². The number of aromatic nitrogens is 5. The molecule has 0 aliphatic rings. The van der Waals surface area contributed by atoms with E-state index < -0.39 is 11.0 Å². The third-order valence-corrected chi connectivity index (χ3v) is 6.22. The van der Waals surface area contributed by atoms with Crippen molar-refractivity contribution in [1.82, 2.24) is 24.9 Å². The van der Waals surface area contributed by atoms with Gasteiger partial charge in [0, 0.05) is 24.0 Å². The Hall–Kier alpha value is -2.76. The molecule has 0 amide bonds. The maximum absolute atomic E-state index is 13.0. The molecule has 1 unspecified atom stereocenters. The van der Waals surface area contributed by atoms with Gasteiger partial charge in [0.25, 0.3) is 0 Å². The summed E-state index contributed by atoms with van der Waals surface area (Å²) in [5, 5.41) is 1.18. The van der Waals surface area contributed by atoms with E-state index >= 15 is 0 Å². The largest absolute Gasteiger partial charge is 0.480 e. The van der Waals surface area contributed by atoms with Gasteiger partial charge in [-0.2, -0.15) is 9.97 Å². The Morgan fingerprint density at radius 2 is 1.80 bits per heavy atom. The summed E-state index contributed by atoms with van der Waals surface area (Å²) in [4.78, 5) is 20.5. The molecule has 0 saturated heterocycles. The van der Waals surface area contributed by atoms with Gasteiger partial charge in [-0.05, 0) is 28.1 Å². The molecule has 0 fully saturated rings. The van der Waals surface area contributed by atoms with Crippen molar-refractivity contribution in [2.24, 2.45) is 0 Å². The molecule has 0 radical (unpaired) electrons. The monoisotopic (exact) mass is 508 g/mol. The molecule has 0 saturated carbocycles. The number of nitrogens with one attached hydrogen (secondary N) is 2. The smallest absolute Gasteiger partial charge is 0.241 e. The average molecular weight is 510 g/mol. The summed E-state index contributed by atoms with van der Waals surface area (Å²) >= 11 is 9.70. The van der Waals surface area contributed by atoms with Crippen molar-refractivity contribution in [1.29, 1.82) is 0 Å². The number of rotatable bonds is 6. The molecular weight excluding hydrogens is 496 g/mol. The number of hydrogen-bond donors (Lipinski definition) is 2. The van der Waals surface area contributed by atoms with Crippen LogP contribution in [0.1, 0.15) is 0 Å². The number of H-pyrrole nitrogens is 1. The van der Waals surface area contributed by atoms with E-state index in [1.54, 1.807) is 36.8 Å². The van der Waals surface area contributed by atoms with Gasteiger partial charge in [0.1, 0.15) is 4.47 Å². The second kappa shape index (κ2) is 8.54. The predicted molar refractivity (Wildman–Crippen MR) is 117 cm³/mol. The van der Waals surface area contributed by atoms with Crippen LogP contribution in [0.25, 0.3) is 22.3 Å². The average Bonchev–Trinajstić information content (AvgIpc) is 3.19. The van der Waals surface area contributed by atoms with E-state index in [1.807, 2.05) is 0 Å². The molecule has 154 valence electrons. The lowest BCUT2D eigenvalue weighted by molar-refractivity contribution is 0.368. The van der Waals surface area contributed by atoms with Crippen molar-refractivity contribution in [3.63, 3.8) is 0 Å². The molecule has 2 N–H and O–H groups in total. The van der Waals surface area contributed by atoms with Gasteiger partial charge in [0.15, 0.2) is 16.8 Å². The van der Waals surface area contributed by atoms with E-state index in [9.17, 15) is 4.21 Å². The normalized spacial score (nSPS) is 12.0. The number of hydrogen-bond acceptors (Lipinski definition) is 7. The van der Waals surface area contributed by atoms with Gasteiger partial charge in [-0.25, -0.2) is 14.2 Å². The van der Waals surface area contributed by atoms with E-state index in [1.165, 1.54) is 14.2 Å². The quantitative estimate of drug-likeness (QED) is 0.404. The molecule has 3 heterocycles. The van der Waals surface area contributed by atoms with E-state index in [4.69, 9.17) is 21.1 Å². The van der Waals surface area contributed by atoms with Crippen LogP contribution in [0.2, 0.25) is 5.02 Å². The minimum atomic E-state index is -1.69. The summed E-state index contributed by atoms with van der Waals surface area (Å²) in [7, 11) is 1.23. The molecule has 1 aromatic carbocycles. The van der Waals surface area contributed by atoms with Crippen molar-refractivity contribution in [3.8, 4) is 23.1 Å². The third-order valence-electron chi connectivity index (χ3n) is 4.12. The highest BCUT2D eigenvalue weighted by Gasteiger charge is 2.20. The molecule has 30 heavy (non-hydrogen) atoms. The SMILES string of the molecule is COc1nc(NS(=O)c2c[nH]c3c(-c4ncccn4)c(Cl)ccc23)nc(OC)c1Br. The Bertz CT molecular complexity index is 1230. The lowest BCUT2D eigenvalue weighted by Crippen LogP contribution is -2.09. The van der Waals surface area contributed by atoms with E-state index in [-0.39, 0.29) is 17.7 Å². The zero-order chi connectivity index (χ0) is 21.3. The van der Waals surface area contributed by atoms with Gasteiger partial charge >= 0.3 is 0 Å². The first-order valence-electron chi connectivity index (χ1n) is 8.44. The van der Waals surface area contributed by atoms with Crippen LogP contribution in [0.4, 0.5) is 5.95 Å². The van der Waals surface area contributed by atoms with Crippen molar-refractivity contribution in [2.75, 3.05) is 18.9 Å². The number of methoxy groups -OCH3 is 2. The van der Waals surface area contributed by atoms with Crippen LogP contribution in [-0.2, 0) is 11.0 Å². The van der Waals surface area contributed by atoms with Gasteiger partial charge in [-0.3, -0.25) is 4.72 Å².